The first-order valence-corrected chi connectivity index (χ1v) is 11.6. The molecule has 1 aromatic carbocycles. The van der Waals surface area contributed by atoms with Gasteiger partial charge in [-0.1, -0.05) is 19.9 Å². The van der Waals surface area contributed by atoms with Crippen molar-refractivity contribution in [3.05, 3.63) is 29.8 Å². The second kappa shape index (κ2) is 10.7. The molecule has 1 heterocycles. The fourth-order valence-electron chi connectivity index (χ4n) is 3.17. The molecule has 0 aliphatic carbocycles. The van der Waals surface area contributed by atoms with E-state index in [9.17, 15) is 18.0 Å². The lowest BCUT2D eigenvalue weighted by atomic mass is 10.2. The molecule has 2 rings (SSSR count). The quantitative estimate of drug-likeness (QED) is 0.639. The Hall–Kier alpha value is -1.97. The highest BCUT2D eigenvalue weighted by molar-refractivity contribution is 7.89. The van der Waals surface area contributed by atoms with Gasteiger partial charge in [0.2, 0.25) is 15.9 Å². The lowest BCUT2D eigenvalue weighted by molar-refractivity contribution is -0.121. The van der Waals surface area contributed by atoms with Gasteiger partial charge in [0.05, 0.1) is 11.4 Å². The van der Waals surface area contributed by atoms with Gasteiger partial charge in [-0.05, 0) is 38.1 Å². The monoisotopic (exact) mass is 424 g/mol. The van der Waals surface area contributed by atoms with Crippen LogP contribution in [0.1, 0.15) is 37.0 Å². The van der Waals surface area contributed by atoms with Gasteiger partial charge >= 0.3 is 0 Å². The number of carbonyl (C=O) groups excluding carboxylic acids is 2. The van der Waals surface area contributed by atoms with Crippen LogP contribution in [0.4, 0.5) is 0 Å². The van der Waals surface area contributed by atoms with Crippen molar-refractivity contribution in [2.75, 3.05) is 52.9 Å². The minimum Gasteiger partial charge on any atom is -0.355 e. The molecule has 29 heavy (non-hydrogen) atoms. The van der Waals surface area contributed by atoms with Gasteiger partial charge in [0.15, 0.2) is 0 Å². The van der Waals surface area contributed by atoms with Gasteiger partial charge in [-0.3, -0.25) is 9.59 Å². The van der Waals surface area contributed by atoms with Crippen LogP contribution in [0.5, 0.6) is 0 Å². The number of carbonyl (C=O) groups is 2. The van der Waals surface area contributed by atoms with Gasteiger partial charge in [0, 0.05) is 44.8 Å². The molecule has 1 aliphatic rings. The van der Waals surface area contributed by atoms with E-state index in [4.69, 9.17) is 0 Å². The number of hydrogen-bond acceptors (Lipinski definition) is 5. The fraction of sp³-hybridized carbons (Fsp3) is 0.600. The maximum Gasteiger partial charge on any atom is 0.254 e. The van der Waals surface area contributed by atoms with Crippen LogP contribution < -0.4 is 5.32 Å². The van der Waals surface area contributed by atoms with Crippen LogP contribution in [0.25, 0.3) is 0 Å². The van der Waals surface area contributed by atoms with E-state index >= 15 is 0 Å². The maximum absolute atomic E-state index is 13.0. The minimum atomic E-state index is -3.66. The molecule has 0 aromatic heterocycles. The minimum absolute atomic E-state index is 0.0396. The molecule has 1 saturated heterocycles. The highest BCUT2D eigenvalue weighted by Crippen LogP contribution is 2.19. The predicted molar refractivity (Wildman–Crippen MR) is 112 cm³/mol. The zero-order valence-corrected chi connectivity index (χ0v) is 18.4. The number of nitrogens with one attached hydrogen (secondary N) is 1. The molecule has 0 radical (unpaired) electrons. The SMILES string of the molecule is CCCNC(=O)CN(CCC)C(=O)c1cccc(S(=O)(=O)N2CCN(C)CC2)c1. The zero-order valence-electron chi connectivity index (χ0n) is 17.6. The number of piperazine rings is 1. The molecule has 1 aromatic rings. The van der Waals surface area contributed by atoms with Gasteiger partial charge in [0.1, 0.15) is 0 Å². The average Bonchev–Trinajstić information content (AvgIpc) is 2.72. The summed E-state index contributed by atoms with van der Waals surface area (Å²) in [5.41, 5.74) is 0.275. The number of benzene rings is 1. The molecule has 0 saturated carbocycles. The molecule has 0 spiro atoms. The molecule has 0 unspecified atom stereocenters. The van der Waals surface area contributed by atoms with E-state index in [0.717, 1.165) is 6.42 Å². The highest BCUT2D eigenvalue weighted by Gasteiger charge is 2.28. The first kappa shape index (κ1) is 23.3. The lowest BCUT2D eigenvalue weighted by Crippen LogP contribution is -2.47. The third kappa shape index (κ3) is 6.25. The van der Waals surface area contributed by atoms with Gasteiger partial charge < -0.3 is 15.1 Å². The first-order chi connectivity index (χ1) is 13.8. The van der Waals surface area contributed by atoms with Crippen LogP contribution in [0.3, 0.4) is 0 Å². The average molecular weight is 425 g/mol. The molecule has 9 heteroatoms. The number of hydrogen-bond donors (Lipinski definition) is 1. The lowest BCUT2D eigenvalue weighted by Gasteiger charge is -2.31. The van der Waals surface area contributed by atoms with E-state index < -0.39 is 10.0 Å². The smallest absolute Gasteiger partial charge is 0.254 e. The Morgan fingerprint density at radius 2 is 1.79 bits per heavy atom. The normalized spacial score (nSPS) is 15.8. The van der Waals surface area contributed by atoms with E-state index in [1.807, 2.05) is 20.9 Å². The van der Waals surface area contributed by atoms with Crippen molar-refractivity contribution < 1.29 is 18.0 Å². The van der Waals surface area contributed by atoms with Crippen molar-refractivity contribution in [1.29, 1.82) is 0 Å². The number of nitrogens with zero attached hydrogens (tertiary/aromatic N) is 3. The van der Waals surface area contributed by atoms with Gasteiger partial charge in [-0.25, -0.2) is 8.42 Å². The summed E-state index contributed by atoms with van der Waals surface area (Å²) in [6, 6.07) is 6.11. The van der Waals surface area contributed by atoms with Crippen molar-refractivity contribution >= 4 is 21.8 Å². The molecule has 1 N–H and O–H groups in total. The molecule has 0 bridgehead atoms. The largest absolute Gasteiger partial charge is 0.355 e. The number of rotatable bonds is 9. The van der Waals surface area contributed by atoms with E-state index in [1.165, 1.54) is 21.3 Å². The second-order valence-corrected chi connectivity index (χ2v) is 9.25. The van der Waals surface area contributed by atoms with E-state index in [-0.39, 0.29) is 28.8 Å². The van der Waals surface area contributed by atoms with Crippen LogP contribution in [0.15, 0.2) is 29.2 Å². The summed E-state index contributed by atoms with van der Waals surface area (Å²) in [5.74, 6) is -0.552. The molecule has 1 aliphatic heterocycles. The highest BCUT2D eigenvalue weighted by atomic mass is 32.2. The van der Waals surface area contributed by atoms with Crippen molar-refractivity contribution in [1.82, 2.24) is 19.4 Å². The summed E-state index contributed by atoms with van der Waals surface area (Å²) >= 11 is 0. The Bertz CT molecular complexity index is 804. The topological polar surface area (TPSA) is 90.0 Å². The number of amides is 2. The Morgan fingerprint density at radius 3 is 2.41 bits per heavy atom. The molecular weight excluding hydrogens is 392 g/mol. The van der Waals surface area contributed by atoms with E-state index in [0.29, 0.717) is 45.7 Å². The summed E-state index contributed by atoms with van der Waals surface area (Å²) in [6.07, 6.45) is 1.52. The van der Waals surface area contributed by atoms with Crippen LogP contribution in [0.2, 0.25) is 0 Å². The fourth-order valence-corrected chi connectivity index (χ4v) is 4.63. The molecule has 1 fully saturated rings. The maximum atomic E-state index is 13.0. The summed E-state index contributed by atoms with van der Waals surface area (Å²) in [7, 11) is -1.70. The first-order valence-electron chi connectivity index (χ1n) is 10.1. The van der Waals surface area contributed by atoms with Crippen molar-refractivity contribution in [2.45, 2.75) is 31.6 Å². The Labute approximate surface area is 173 Å². The predicted octanol–water partition coefficient (Wildman–Crippen LogP) is 1.00. The molecular formula is C20H32N4O4S. The van der Waals surface area contributed by atoms with Crippen molar-refractivity contribution in [3.63, 3.8) is 0 Å². The second-order valence-electron chi connectivity index (χ2n) is 7.31. The summed E-state index contributed by atoms with van der Waals surface area (Å²) in [6.45, 7) is 7.04. The van der Waals surface area contributed by atoms with Crippen molar-refractivity contribution in [3.8, 4) is 0 Å². The summed E-state index contributed by atoms with van der Waals surface area (Å²) in [5, 5.41) is 2.77. The van der Waals surface area contributed by atoms with Crippen LogP contribution in [-0.2, 0) is 14.8 Å². The summed E-state index contributed by atoms with van der Waals surface area (Å²) < 4.78 is 27.4. The van der Waals surface area contributed by atoms with E-state index in [2.05, 4.69) is 10.2 Å². The van der Waals surface area contributed by atoms with Gasteiger partial charge in [-0.15, -0.1) is 0 Å². The zero-order chi connectivity index (χ0) is 21.4. The van der Waals surface area contributed by atoms with Crippen LogP contribution in [0, 0.1) is 0 Å². The Kier molecular flexibility index (Phi) is 8.60. The Morgan fingerprint density at radius 1 is 1.10 bits per heavy atom. The Balaban J connectivity index is 2.19. The van der Waals surface area contributed by atoms with Crippen LogP contribution in [-0.4, -0.2) is 87.2 Å². The summed E-state index contributed by atoms with van der Waals surface area (Å²) in [4.78, 5) is 28.7. The standard InChI is InChI=1S/C20H32N4O4S/c1-4-9-21-19(25)16-23(10-5-2)20(26)17-7-6-8-18(15-17)29(27,28)24-13-11-22(3)12-14-24/h6-8,15H,4-5,9-14,16H2,1-3H3,(H,21,25). The molecule has 162 valence electrons. The molecule has 2 amide bonds. The number of sulfonamides is 1. The van der Waals surface area contributed by atoms with E-state index in [1.54, 1.807) is 12.1 Å². The number of likely N-dealkylation sites (N-methyl/N-ethyl adjacent to an activating group) is 1. The van der Waals surface area contributed by atoms with Gasteiger partial charge in [-0.2, -0.15) is 4.31 Å². The van der Waals surface area contributed by atoms with Crippen LogP contribution >= 0.6 is 0 Å². The third-order valence-electron chi connectivity index (χ3n) is 4.87. The van der Waals surface area contributed by atoms with Gasteiger partial charge in [0.25, 0.3) is 5.91 Å². The third-order valence-corrected chi connectivity index (χ3v) is 6.76. The van der Waals surface area contributed by atoms with Crippen molar-refractivity contribution in [2.24, 2.45) is 0 Å². The molecule has 0 atom stereocenters. The molecule has 8 nitrogen and oxygen atoms in total.